The standard InChI is InChI=1S/C19H23N3O/c1-13(2)12-22-18-6-4-3-5-17(18)21-19(22)16(20)11-14-7-9-15(23)10-8-14/h3-10,13,16,23H,11-12,20H2,1-2H3. The molecule has 0 radical (unpaired) electrons. The van der Waals surface area contributed by atoms with Crippen molar-refractivity contribution in [1.29, 1.82) is 0 Å². The highest BCUT2D eigenvalue weighted by atomic mass is 16.3. The van der Waals surface area contributed by atoms with E-state index in [4.69, 9.17) is 10.7 Å². The van der Waals surface area contributed by atoms with Crippen LogP contribution in [-0.2, 0) is 13.0 Å². The molecule has 1 heterocycles. The molecule has 3 rings (SSSR count). The molecule has 0 spiro atoms. The number of fused-ring (bicyclic) bond motifs is 1. The number of phenolic OH excluding ortho intramolecular Hbond substituents is 1. The average molecular weight is 309 g/mol. The number of para-hydroxylation sites is 2. The summed E-state index contributed by atoms with van der Waals surface area (Å²) in [5, 5.41) is 9.40. The monoisotopic (exact) mass is 309 g/mol. The maximum Gasteiger partial charge on any atom is 0.127 e. The molecule has 0 fully saturated rings. The molecule has 3 N–H and O–H groups in total. The van der Waals surface area contributed by atoms with Crippen molar-refractivity contribution in [3.05, 3.63) is 59.9 Å². The number of hydrogen-bond donors (Lipinski definition) is 2. The van der Waals surface area contributed by atoms with E-state index in [1.54, 1.807) is 12.1 Å². The van der Waals surface area contributed by atoms with Gasteiger partial charge in [0.15, 0.2) is 0 Å². The van der Waals surface area contributed by atoms with Crippen LogP contribution < -0.4 is 5.73 Å². The first-order valence-electron chi connectivity index (χ1n) is 8.03. The predicted octanol–water partition coefficient (Wildman–Crippen LogP) is 3.64. The van der Waals surface area contributed by atoms with Crippen LogP contribution in [0.25, 0.3) is 11.0 Å². The van der Waals surface area contributed by atoms with Crippen molar-refractivity contribution >= 4 is 11.0 Å². The number of hydrogen-bond acceptors (Lipinski definition) is 3. The summed E-state index contributed by atoms with van der Waals surface area (Å²) < 4.78 is 2.24. The molecule has 0 saturated carbocycles. The molecule has 1 aromatic heterocycles. The summed E-state index contributed by atoms with van der Waals surface area (Å²) in [7, 11) is 0. The van der Waals surface area contributed by atoms with Gasteiger partial charge in [-0.2, -0.15) is 0 Å². The second-order valence-electron chi connectivity index (χ2n) is 6.44. The van der Waals surface area contributed by atoms with Gasteiger partial charge in [0, 0.05) is 6.54 Å². The Morgan fingerprint density at radius 1 is 1.09 bits per heavy atom. The first-order valence-corrected chi connectivity index (χ1v) is 8.03. The van der Waals surface area contributed by atoms with Gasteiger partial charge >= 0.3 is 0 Å². The quantitative estimate of drug-likeness (QED) is 0.756. The maximum atomic E-state index is 9.40. The predicted molar refractivity (Wildman–Crippen MR) is 93.3 cm³/mol. The molecule has 4 heteroatoms. The highest BCUT2D eigenvalue weighted by Gasteiger charge is 2.18. The van der Waals surface area contributed by atoms with Crippen LogP contribution in [0.2, 0.25) is 0 Å². The van der Waals surface area contributed by atoms with Gasteiger partial charge in [-0.1, -0.05) is 38.1 Å². The van der Waals surface area contributed by atoms with Crippen LogP contribution in [0.5, 0.6) is 5.75 Å². The number of benzene rings is 2. The molecule has 0 bridgehead atoms. The molecule has 0 aliphatic rings. The fourth-order valence-electron chi connectivity index (χ4n) is 2.91. The average Bonchev–Trinajstić information content (AvgIpc) is 2.88. The lowest BCUT2D eigenvalue weighted by molar-refractivity contribution is 0.474. The van der Waals surface area contributed by atoms with Gasteiger partial charge in [-0.3, -0.25) is 0 Å². The summed E-state index contributed by atoms with van der Waals surface area (Å²) in [4.78, 5) is 4.77. The maximum absolute atomic E-state index is 9.40. The molecule has 0 saturated heterocycles. The third-order valence-corrected chi connectivity index (χ3v) is 3.96. The normalized spacial score (nSPS) is 12.9. The van der Waals surface area contributed by atoms with Crippen LogP contribution in [0.4, 0.5) is 0 Å². The number of imidazole rings is 1. The van der Waals surface area contributed by atoms with Crippen molar-refractivity contribution in [3.8, 4) is 5.75 Å². The molecular weight excluding hydrogens is 286 g/mol. The van der Waals surface area contributed by atoms with Crippen molar-refractivity contribution in [3.63, 3.8) is 0 Å². The first-order chi connectivity index (χ1) is 11.0. The fraction of sp³-hybridized carbons (Fsp3) is 0.316. The van der Waals surface area contributed by atoms with E-state index in [0.717, 1.165) is 29.0 Å². The molecule has 3 aromatic rings. The lowest BCUT2D eigenvalue weighted by atomic mass is 10.1. The molecule has 0 aliphatic carbocycles. The lowest BCUT2D eigenvalue weighted by Gasteiger charge is -2.16. The number of aromatic nitrogens is 2. The highest BCUT2D eigenvalue weighted by molar-refractivity contribution is 5.76. The summed E-state index contributed by atoms with van der Waals surface area (Å²) in [6, 6.07) is 15.2. The van der Waals surface area contributed by atoms with E-state index in [9.17, 15) is 5.11 Å². The van der Waals surface area contributed by atoms with Crippen molar-refractivity contribution in [1.82, 2.24) is 9.55 Å². The number of aromatic hydroxyl groups is 1. The first kappa shape index (κ1) is 15.6. The Morgan fingerprint density at radius 2 is 1.78 bits per heavy atom. The lowest BCUT2D eigenvalue weighted by Crippen LogP contribution is -2.20. The van der Waals surface area contributed by atoms with Gasteiger partial charge in [-0.05, 0) is 42.2 Å². The third kappa shape index (κ3) is 3.37. The largest absolute Gasteiger partial charge is 0.508 e. The van der Waals surface area contributed by atoms with Gasteiger partial charge in [0.25, 0.3) is 0 Å². The van der Waals surface area contributed by atoms with Gasteiger partial charge < -0.3 is 15.4 Å². The van der Waals surface area contributed by atoms with Crippen LogP contribution in [0.1, 0.15) is 31.3 Å². The molecule has 120 valence electrons. The van der Waals surface area contributed by atoms with E-state index in [0.29, 0.717) is 12.3 Å². The Balaban J connectivity index is 1.95. The number of nitrogens with two attached hydrogens (primary N) is 1. The Hall–Kier alpha value is -2.33. The molecule has 23 heavy (non-hydrogen) atoms. The Bertz CT molecular complexity index is 790. The van der Waals surface area contributed by atoms with Crippen LogP contribution in [0.15, 0.2) is 48.5 Å². The summed E-state index contributed by atoms with van der Waals surface area (Å²) in [5.74, 6) is 1.72. The minimum atomic E-state index is -0.175. The van der Waals surface area contributed by atoms with Crippen LogP contribution in [0, 0.1) is 5.92 Å². The fourth-order valence-corrected chi connectivity index (χ4v) is 2.91. The second kappa shape index (κ2) is 6.42. The Labute approximate surface area is 136 Å². The summed E-state index contributed by atoms with van der Waals surface area (Å²) in [6.45, 7) is 5.30. The molecule has 1 unspecified atom stereocenters. The summed E-state index contributed by atoms with van der Waals surface area (Å²) in [6.07, 6.45) is 0.696. The molecular formula is C19H23N3O. The second-order valence-corrected chi connectivity index (χ2v) is 6.44. The Kier molecular flexibility index (Phi) is 4.35. The van der Waals surface area contributed by atoms with Gasteiger partial charge in [-0.15, -0.1) is 0 Å². The minimum Gasteiger partial charge on any atom is -0.508 e. The van der Waals surface area contributed by atoms with E-state index in [-0.39, 0.29) is 11.8 Å². The van der Waals surface area contributed by atoms with E-state index < -0.39 is 0 Å². The number of nitrogens with zero attached hydrogens (tertiary/aromatic N) is 2. The van der Waals surface area contributed by atoms with E-state index in [1.165, 1.54) is 0 Å². The third-order valence-electron chi connectivity index (χ3n) is 3.96. The molecule has 4 nitrogen and oxygen atoms in total. The molecule has 2 aromatic carbocycles. The summed E-state index contributed by atoms with van der Waals surface area (Å²) in [5.41, 5.74) is 9.68. The van der Waals surface area contributed by atoms with Gasteiger partial charge in [0.2, 0.25) is 0 Å². The smallest absolute Gasteiger partial charge is 0.127 e. The van der Waals surface area contributed by atoms with Gasteiger partial charge in [0.1, 0.15) is 11.6 Å². The van der Waals surface area contributed by atoms with Crippen LogP contribution >= 0.6 is 0 Å². The zero-order chi connectivity index (χ0) is 16.4. The summed E-state index contributed by atoms with van der Waals surface area (Å²) >= 11 is 0. The zero-order valence-corrected chi connectivity index (χ0v) is 13.6. The van der Waals surface area contributed by atoms with E-state index in [2.05, 4.69) is 24.5 Å². The zero-order valence-electron chi connectivity index (χ0n) is 13.6. The van der Waals surface area contributed by atoms with Crippen molar-refractivity contribution in [2.24, 2.45) is 11.7 Å². The van der Waals surface area contributed by atoms with Gasteiger partial charge in [-0.25, -0.2) is 4.98 Å². The number of phenols is 1. The van der Waals surface area contributed by atoms with Crippen molar-refractivity contribution < 1.29 is 5.11 Å². The molecule has 0 amide bonds. The number of rotatable bonds is 5. The van der Waals surface area contributed by atoms with Crippen molar-refractivity contribution in [2.75, 3.05) is 0 Å². The van der Waals surface area contributed by atoms with Crippen LogP contribution in [-0.4, -0.2) is 14.7 Å². The minimum absolute atomic E-state index is 0.175. The molecule has 0 aliphatic heterocycles. The Morgan fingerprint density at radius 3 is 2.48 bits per heavy atom. The van der Waals surface area contributed by atoms with Crippen LogP contribution in [0.3, 0.4) is 0 Å². The van der Waals surface area contributed by atoms with Crippen molar-refractivity contribution in [2.45, 2.75) is 32.9 Å². The van der Waals surface area contributed by atoms with E-state index in [1.807, 2.05) is 30.3 Å². The topological polar surface area (TPSA) is 64.1 Å². The molecule has 1 atom stereocenters. The van der Waals surface area contributed by atoms with Gasteiger partial charge in [0.05, 0.1) is 17.1 Å². The SMILES string of the molecule is CC(C)Cn1c(C(N)Cc2ccc(O)cc2)nc2ccccc21. The van der Waals surface area contributed by atoms with E-state index >= 15 is 0 Å². The highest BCUT2D eigenvalue weighted by Crippen LogP contribution is 2.24.